The number of anilines is 1. The molecule has 1 aliphatic carbocycles. The first-order chi connectivity index (χ1) is 8.54. The predicted octanol–water partition coefficient (Wildman–Crippen LogP) is 4.06. The molecule has 100 valence electrons. The van der Waals surface area contributed by atoms with Gasteiger partial charge in [-0.05, 0) is 35.0 Å². The lowest BCUT2D eigenvalue weighted by molar-refractivity contribution is 0.379. The second-order valence-electron chi connectivity index (χ2n) is 5.18. The fourth-order valence-corrected chi connectivity index (χ4v) is 3.37. The molecule has 5 heteroatoms. The maximum Gasteiger partial charge on any atom is 0.134 e. The maximum atomic E-state index is 4.57. The topological polar surface area (TPSA) is 37.8 Å². The van der Waals surface area contributed by atoms with Gasteiger partial charge >= 0.3 is 0 Å². The lowest BCUT2D eigenvalue weighted by atomic mass is 9.84. The van der Waals surface area contributed by atoms with Gasteiger partial charge in [0.05, 0.1) is 0 Å². The van der Waals surface area contributed by atoms with E-state index < -0.39 is 0 Å². The number of thioether (sulfide) groups is 1. The number of hydrogen-bond acceptors (Lipinski definition) is 4. The third-order valence-corrected chi connectivity index (χ3v) is 5.34. The SMILES string of the molecule is CSC1(CNc2cc(Br)nc(C(C)C)n2)CCC1. The molecular formula is C13H20BrN3S. The van der Waals surface area contributed by atoms with Gasteiger partial charge in [0.25, 0.3) is 0 Å². The van der Waals surface area contributed by atoms with Crippen LogP contribution in [0, 0.1) is 0 Å². The molecule has 0 atom stereocenters. The molecule has 1 heterocycles. The lowest BCUT2D eigenvalue weighted by Gasteiger charge is -2.40. The molecule has 0 radical (unpaired) electrons. The third kappa shape index (κ3) is 3.18. The highest BCUT2D eigenvalue weighted by atomic mass is 79.9. The van der Waals surface area contributed by atoms with Crippen molar-refractivity contribution in [2.24, 2.45) is 0 Å². The van der Waals surface area contributed by atoms with Crippen molar-refractivity contribution in [3.05, 3.63) is 16.5 Å². The van der Waals surface area contributed by atoms with E-state index in [1.165, 1.54) is 19.3 Å². The van der Waals surface area contributed by atoms with E-state index in [2.05, 4.69) is 51.3 Å². The Morgan fingerprint density at radius 1 is 1.44 bits per heavy atom. The Balaban J connectivity index is 2.05. The molecule has 1 aliphatic rings. The summed E-state index contributed by atoms with van der Waals surface area (Å²) in [6, 6.07) is 1.96. The number of hydrogen-bond donors (Lipinski definition) is 1. The zero-order valence-corrected chi connectivity index (χ0v) is 13.6. The first kappa shape index (κ1) is 14.1. The normalized spacial score (nSPS) is 17.6. The highest BCUT2D eigenvalue weighted by Crippen LogP contribution is 2.42. The van der Waals surface area contributed by atoms with Crippen LogP contribution in [0.1, 0.15) is 44.9 Å². The van der Waals surface area contributed by atoms with Crippen molar-refractivity contribution in [2.45, 2.75) is 43.8 Å². The molecule has 0 unspecified atom stereocenters. The van der Waals surface area contributed by atoms with E-state index in [1.54, 1.807) is 0 Å². The molecule has 1 N–H and O–H groups in total. The lowest BCUT2D eigenvalue weighted by Crippen LogP contribution is -2.40. The van der Waals surface area contributed by atoms with Crippen molar-refractivity contribution in [2.75, 3.05) is 18.1 Å². The summed E-state index contributed by atoms with van der Waals surface area (Å²) in [5.74, 6) is 2.17. The molecule has 1 aromatic heterocycles. The summed E-state index contributed by atoms with van der Waals surface area (Å²) in [5.41, 5.74) is 0. The highest BCUT2D eigenvalue weighted by Gasteiger charge is 2.35. The van der Waals surface area contributed by atoms with Crippen LogP contribution in [-0.4, -0.2) is 27.5 Å². The quantitative estimate of drug-likeness (QED) is 0.826. The van der Waals surface area contributed by atoms with Gasteiger partial charge in [0.1, 0.15) is 16.2 Å². The van der Waals surface area contributed by atoms with Crippen molar-refractivity contribution in [1.82, 2.24) is 9.97 Å². The molecule has 0 saturated heterocycles. The van der Waals surface area contributed by atoms with Crippen molar-refractivity contribution in [1.29, 1.82) is 0 Å². The number of rotatable bonds is 5. The standard InChI is InChI=1S/C13H20BrN3S/c1-9(2)12-16-10(14)7-11(17-12)15-8-13(18-3)5-4-6-13/h7,9H,4-6,8H2,1-3H3,(H,15,16,17). The number of halogens is 1. The van der Waals surface area contributed by atoms with Gasteiger partial charge in [0, 0.05) is 23.3 Å². The van der Waals surface area contributed by atoms with Crippen LogP contribution < -0.4 is 5.32 Å². The van der Waals surface area contributed by atoms with Crippen LogP contribution in [0.2, 0.25) is 0 Å². The molecule has 3 nitrogen and oxygen atoms in total. The van der Waals surface area contributed by atoms with Crippen LogP contribution >= 0.6 is 27.7 Å². The van der Waals surface area contributed by atoms with Gasteiger partial charge in [-0.1, -0.05) is 20.3 Å². The van der Waals surface area contributed by atoms with Crippen molar-refractivity contribution < 1.29 is 0 Å². The van der Waals surface area contributed by atoms with E-state index in [0.29, 0.717) is 10.7 Å². The molecule has 0 spiro atoms. The second kappa shape index (κ2) is 5.78. The minimum Gasteiger partial charge on any atom is -0.369 e. The Hall–Kier alpha value is -0.290. The Morgan fingerprint density at radius 2 is 2.17 bits per heavy atom. The van der Waals surface area contributed by atoms with Gasteiger partial charge in [0.2, 0.25) is 0 Å². The van der Waals surface area contributed by atoms with Gasteiger partial charge in [-0.15, -0.1) is 0 Å². The van der Waals surface area contributed by atoms with E-state index in [9.17, 15) is 0 Å². The van der Waals surface area contributed by atoms with Gasteiger partial charge < -0.3 is 5.32 Å². The van der Waals surface area contributed by atoms with Crippen molar-refractivity contribution in [3.63, 3.8) is 0 Å². The molecule has 0 amide bonds. The Labute approximate surface area is 122 Å². The molecule has 2 rings (SSSR count). The second-order valence-corrected chi connectivity index (χ2v) is 7.27. The monoisotopic (exact) mass is 329 g/mol. The van der Waals surface area contributed by atoms with E-state index in [4.69, 9.17) is 0 Å². The molecule has 1 aromatic rings. The zero-order chi connectivity index (χ0) is 13.2. The van der Waals surface area contributed by atoms with Crippen LogP contribution in [0.3, 0.4) is 0 Å². The summed E-state index contributed by atoms with van der Waals surface area (Å²) in [7, 11) is 0. The predicted molar refractivity (Wildman–Crippen MR) is 82.4 cm³/mol. The summed E-state index contributed by atoms with van der Waals surface area (Å²) >= 11 is 5.43. The van der Waals surface area contributed by atoms with E-state index in [-0.39, 0.29) is 0 Å². The Kier molecular flexibility index (Phi) is 4.54. The average molecular weight is 330 g/mol. The maximum absolute atomic E-state index is 4.57. The minimum atomic E-state index is 0.348. The molecule has 1 fully saturated rings. The van der Waals surface area contributed by atoms with Crippen molar-refractivity contribution >= 4 is 33.5 Å². The zero-order valence-electron chi connectivity index (χ0n) is 11.2. The highest BCUT2D eigenvalue weighted by molar-refractivity contribution is 9.10. The Bertz CT molecular complexity index is 413. The fourth-order valence-electron chi connectivity index (χ4n) is 2.06. The van der Waals surface area contributed by atoms with Crippen LogP contribution in [0.25, 0.3) is 0 Å². The van der Waals surface area contributed by atoms with Gasteiger partial charge in [-0.25, -0.2) is 9.97 Å². The molecule has 0 bridgehead atoms. The third-order valence-electron chi connectivity index (χ3n) is 3.52. The van der Waals surface area contributed by atoms with Crippen LogP contribution in [-0.2, 0) is 0 Å². The first-order valence-corrected chi connectivity index (χ1v) is 8.40. The van der Waals surface area contributed by atoms with Crippen molar-refractivity contribution in [3.8, 4) is 0 Å². The molecule has 0 aromatic carbocycles. The van der Waals surface area contributed by atoms with Crippen LogP contribution in [0.15, 0.2) is 10.7 Å². The van der Waals surface area contributed by atoms with Gasteiger partial charge in [-0.3, -0.25) is 0 Å². The summed E-state index contributed by atoms with van der Waals surface area (Å²) in [6.45, 7) is 5.22. The van der Waals surface area contributed by atoms with E-state index in [1.807, 2.05) is 17.8 Å². The number of nitrogens with one attached hydrogen (secondary N) is 1. The first-order valence-electron chi connectivity index (χ1n) is 6.38. The van der Waals surface area contributed by atoms with Crippen LogP contribution in [0.4, 0.5) is 5.82 Å². The fraction of sp³-hybridized carbons (Fsp3) is 0.692. The molecule has 18 heavy (non-hydrogen) atoms. The smallest absolute Gasteiger partial charge is 0.134 e. The minimum absolute atomic E-state index is 0.348. The number of nitrogens with zero attached hydrogens (tertiary/aromatic N) is 2. The van der Waals surface area contributed by atoms with E-state index in [0.717, 1.165) is 22.8 Å². The summed E-state index contributed by atoms with van der Waals surface area (Å²) in [4.78, 5) is 8.96. The molecule has 0 aliphatic heterocycles. The van der Waals surface area contributed by atoms with Gasteiger partial charge in [0.15, 0.2) is 0 Å². The summed E-state index contributed by atoms with van der Waals surface area (Å²) in [5, 5.41) is 3.47. The molecule has 1 saturated carbocycles. The average Bonchev–Trinajstić information content (AvgIpc) is 2.27. The van der Waals surface area contributed by atoms with Gasteiger partial charge in [-0.2, -0.15) is 11.8 Å². The summed E-state index contributed by atoms with van der Waals surface area (Å²) in [6.07, 6.45) is 6.18. The Morgan fingerprint density at radius 3 is 2.67 bits per heavy atom. The summed E-state index contributed by atoms with van der Waals surface area (Å²) < 4.78 is 1.28. The molecular weight excluding hydrogens is 310 g/mol. The largest absolute Gasteiger partial charge is 0.369 e. The van der Waals surface area contributed by atoms with Crippen LogP contribution in [0.5, 0.6) is 0 Å². The van der Waals surface area contributed by atoms with E-state index >= 15 is 0 Å². The number of aromatic nitrogens is 2.